The van der Waals surface area contributed by atoms with Gasteiger partial charge < -0.3 is 5.11 Å². The summed E-state index contributed by atoms with van der Waals surface area (Å²) in [6.45, 7) is 1.91. The molecule has 1 heterocycles. The summed E-state index contributed by atoms with van der Waals surface area (Å²) in [7, 11) is 0. The third-order valence-electron chi connectivity index (χ3n) is 2.50. The van der Waals surface area contributed by atoms with E-state index in [-0.39, 0.29) is 16.5 Å². The first-order valence-electron chi connectivity index (χ1n) is 5.68. The quantitative estimate of drug-likeness (QED) is 0.937. The highest BCUT2D eigenvalue weighted by Crippen LogP contribution is 2.22. The largest absolute Gasteiger partial charge is 0.475 e. The van der Waals surface area contributed by atoms with E-state index in [4.69, 9.17) is 16.7 Å². The van der Waals surface area contributed by atoms with Gasteiger partial charge in [-0.1, -0.05) is 24.6 Å². The molecule has 0 amide bonds. The summed E-state index contributed by atoms with van der Waals surface area (Å²) >= 11 is 5.71. The van der Waals surface area contributed by atoms with Crippen LogP contribution in [0.25, 0.3) is 5.69 Å². The normalized spacial score (nSPS) is 10.7. The van der Waals surface area contributed by atoms with E-state index in [1.807, 2.05) is 6.92 Å². The molecule has 0 fully saturated rings. The van der Waals surface area contributed by atoms with Crippen LogP contribution in [0.3, 0.4) is 0 Å². The topological polar surface area (TPSA) is 68.0 Å². The molecule has 0 aliphatic rings. The highest BCUT2D eigenvalue weighted by atomic mass is 35.5. The van der Waals surface area contributed by atoms with Crippen molar-refractivity contribution in [3.05, 3.63) is 40.7 Å². The van der Waals surface area contributed by atoms with Crippen LogP contribution in [-0.4, -0.2) is 25.8 Å². The molecule has 19 heavy (non-hydrogen) atoms. The van der Waals surface area contributed by atoms with Gasteiger partial charge in [-0.15, -0.1) is 5.10 Å². The van der Waals surface area contributed by atoms with Gasteiger partial charge in [0.2, 0.25) is 0 Å². The Hall–Kier alpha value is -1.95. The second-order valence-corrected chi connectivity index (χ2v) is 4.30. The number of carbonyl (C=O) groups is 1. The number of hydrogen-bond acceptors (Lipinski definition) is 3. The SMILES string of the molecule is CCCc1nc(C(=O)O)nn1-c1cccc(Cl)c1F. The zero-order chi connectivity index (χ0) is 14.0. The van der Waals surface area contributed by atoms with E-state index in [2.05, 4.69) is 10.1 Å². The van der Waals surface area contributed by atoms with Gasteiger partial charge in [0.1, 0.15) is 11.5 Å². The van der Waals surface area contributed by atoms with Gasteiger partial charge in [-0.25, -0.2) is 18.9 Å². The van der Waals surface area contributed by atoms with Crippen molar-refractivity contribution >= 4 is 17.6 Å². The number of nitrogens with zero attached hydrogens (tertiary/aromatic N) is 3. The number of aromatic nitrogens is 3. The highest BCUT2D eigenvalue weighted by Gasteiger charge is 2.18. The lowest BCUT2D eigenvalue weighted by Gasteiger charge is -2.06. The number of aryl methyl sites for hydroxylation is 1. The Balaban J connectivity index is 2.59. The molecule has 0 saturated heterocycles. The molecule has 5 nitrogen and oxygen atoms in total. The van der Waals surface area contributed by atoms with Crippen LogP contribution in [-0.2, 0) is 6.42 Å². The Morgan fingerprint density at radius 2 is 2.26 bits per heavy atom. The van der Waals surface area contributed by atoms with E-state index < -0.39 is 11.8 Å². The second-order valence-electron chi connectivity index (χ2n) is 3.89. The summed E-state index contributed by atoms with van der Waals surface area (Å²) in [4.78, 5) is 14.8. The molecule has 0 bridgehead atoms. The Morgan fingerprint density at radius 1 is 1.53 bits per heavy atom. The third kappa shape index (κ3) is 2.58. The number of hydrogen-bond donors (Lipinski definition) is 1. The van der Waals surface area contributed by atoms with Crippen LogP contribution in [0.4, 0.5) is 4.39 Å². The maximum absolute atomic E-state index is 14.0. The van der Waals surface area contributed by atoms with Crippen molar-refractivity contribution in [3.63, 3.8) is 0 Å². The molecule has 1 aromatic carbocycles. The number of rotatable bonds is 4. The maximum atomic E-state index is 14.0. The Bertz CT molecular complexity index is 627. The lowest BCUT2D eigenvalue weighted by molar-refractivity contribution is 0.0683. The van der Waals surface area contributed by atoms with Crippen molar-refractivity contribution in [2.45, 2.75) is 19.8 Å². The maximum Gasteiger partial charge on any atom is 0.375 e. The van der Waals surface area contributed by atoms with Crippen molar-refractivity contribution in [2.24, 2.45) is 0 Å². The van der Waals surface area contributed by atoms with E-state index >= 15 is 0 Å². The van der Waals surface area contributed by atoms with E-state index in [1.54, 1.807) is 6.07 Å². The molecule has 0 aliphatic heterocycles. The molecule has 0 saturated carbocycles. The van der Waals surface area contributed by atoms with Crippen molar-refractivity contribution in [2.75, 3.05) is 0 Å². The summed E-state index contributed by atoms with van der Waals surface area (Å²) < 4.78 is 15.1. The van der Waals surface area contributed by atoms with Crippen molar-refractivity contribution in [1.29, 1.82) is 0 Å². The number of aromatic carboxylic acids is 1. The van der Waals surface area contributed by atoms with Crippen LogP contribution < -0.4 is 0 Å². The standard InChI is InChI=1S/C12H11ClFN3O2/c1-2-4-9-15-11(12(18)19)16-17(9)8-6-3-5-7(13)10(8)14/h3,5-6H,2,4H2,1H3,(H,18,19). The predicted octanol–water partition coefficient (Wildman–Crippen LogP) is 2.71. The lowest BCUT2D eigenvalue weighted by atomic mass is 10.3. The van der Waals surface area contributed by atoms with Gasteiger partial charge >= 0.3 is 5.97 Å². The minimum absolute atomic E-state index is 0.0488. The van der Waals surface area contributed by atoms with Gasteiger partial charge in [-0.3, -0.25) is 0 Å². The predicted molar refractivity (Wildman–Crippen MR) is 67.3 cm³/mol. The molecule has 2 aromatic rings. The summed E-state index contributed by atoms with van der Waals surface area (Å²) in [6.07, 6.45) is 1.23. The number of halogens is 2. The summed E-state index contributed by atoms with van der Waals surface area (Å²) in [5.74, 6) is -1.87. The number of carboxylic acids is 1. The van der Waals surface area contributed by atoms with Crippen molar-refractivity contribution in [1.82, 2.24) is 14.8 Å². The van der Waals surface area contributed by atoms with Gasteiger partial charge in [0, 0.05) is 6.42 Å². The zero-order valence-corrected chi connectivity index (χ0v) is 10.9. The van der Waals surface area contributed by atoms with Crippen LogP contribution in [0.15, 0.2) is 18.2 Å². The monoisotopic (exact) mass is 283 g/mol. The molecular formula is C12H11ClFN3O2. The second kappa shape index (κ2) is 5.36. The van der Waals surface area contributed by atoms with Gasteiger partial charge in [-0.2, -0.15) is 0 Å². The Labute approximate surface area is 113 Å². The summed E-state index contributed by atoms with van der Waals surface area (Å²) in [5.41, 5.74) is 0.0935. The molecule has 2 rings (SSSR count). The molecule has 100 valence electrons. The molecule has 0 aliphatic carbocycles. The summed E-state index contributed by atoms with van der Waals surface area (Å²) in [5, 5.41) is 12.7. The van der Waals surface area contributed by atoms with E-state index in [1.165, 1.54) is 16.8 Å². The molecule has 0 spiro atoms. The number of carboxylic acid groups (broad SMARTS) is 1. The van der Waals surface area contributed by atoms with Crippen LogP contribution in [0.2, 0.25) is 5.02 Å². The van der Waals surface area contributed by atoms with Crippen LogP contribution >= 0.6 is 11.6 Å². The average molecular weight is 284 g/mol. The highest BCUT2D eigenvalue weighted by molar-refractivity contribution is 6.30. The van der Waals surface area contributed by atoms with Gasteiger partial charge in [0.05, 0.1) is 5.02 Å². The summed E-state index contributed by atoms with van der Waals surface area (Å²) in [6, 6.07) is 4.45. The molecule has 0 radical (unpaired) electrons. The molecule has 1 aromatic heterocycles. The smallest absolute Gasteiger partial charge is 0.375 e. The number of benzene rings is 1. The van der Waals surface area contributed by atoms with E-state index in [0.717, 1.165) is 6.42 Å². The van der Waals surface area contributed by atoms with Gasteiger partial charge in [-0.05, 0) is 18.6 Å². The first-order chi connectivity index (χ1) is 9.04. The average Bonchev–Trinajstić information content (AvgIpc) is 2.77. The fraction of sp³-hybridized carbons (Fsp3) is 0.250. The molecule has 7 heteroatoms. The van der Waals surface area contributed by atoms with Crippen LogP contribution in [0, 0.1) is 5.82 Å². The molecule has 0 atom stereocenters. The van der Waals surface area contributed by atoms with Crippen molar-refractivity contribution < 1.29 is 14.3 Å². The Morgan fingerprint density at radius 3 is 2.89 bits per heavy atom. The third-order valence-corrected chi connectivity index (χ3v) is 2.79. The zero-order valence-electron chi connectivity index (χ0n) is 10.1. The molecule has 1 N–H and O–H groups in total. The van der Waals surface area contributed by atoms with Crippen molar-refractivity contribution in [3.8, 4) is 5.69 Å². The first kappa shape index (κ1) is 13.5. The minimum atomic E-state index is -1.25. The van der Waals surface area contributed by atoms with Gasteiger partial charge in [0.15, 0.2) is 5.82 Å². The van der Waals surface area contributed by atoms with E-state index in [0.29, 0.717) is 12.2 Å². The van der Waals surface area contributed by atoms with Gasteiger partial charge in [0.25, 0.3) is 5.82 Å². The van der Waals surface area contributed by atoms with E-state index in [9.17, 15) is 9.18 Å². The minimum Gasteiger partial charge on any atom is -0.475 e. The van der Waals surface area contributed by atoms with Crippen LogP contribution in [0.5, 0.6) is 0 Å². The fourth-order valence-corrected chi connectivity index (χ4v) is 1.84. The first-order valence-corrected chi connectivity index (χ1v) is 6.06. The fourth-order valence-electron chi connectivity index (χ4n) is 1.67. The Kier molecular flexibility index (Phi) is 3.80. The lowest BCUT2D eigenvalue weighted by Crippen LogP contribution is -2.06. The molecular weight excluding hydrogens is 273 g/mol. The molecule has 0 unspecified atom stereocenters. The van der Waals surface area contributed by atoms with Crippen LogP contribution in [0.1, 0.15) is 29.8 Å².